The number of hydrogen-bond acceptors (Lipinski definition) is 7. The van der Waals surface area contributed by atoms with Crippen LogP contribution in [0.15, 0.2) is 29.3 Å². The van der Waals surface area contributed by atoms with Crippen LogP contribution in [0.2, 0.25) is 0 Å². The van der Waals surface area contributed by atoms with Gasteiger partial charge in [-0.25, -0.2) is 9.59 Å². The Morgan fingerprint density at radius 1 is 1.27 bits per heavy atom. The van der Waals surface area contributed by atoms with E-state index in [2.05, 4.69) is 15.6 Å². The Bertz CT molecular complexity index is 910. The normalized spacial score (nSPS) is 16.2. The number of nitrogens with zero attached hydrogens (tertiary/aromatic N) is 3. The Morgan fingerprint density at radius 2 is 1.94 bits per heavy atom. The number of guanidine groups is 1. The molecule has 3 amide bonds. The van der Waals surface area contributed by atoms with Gasteiger partial charge in [0.05, 0.1) is 11.5 Å². The summed E-state index contributed by atoms with van der Waals surface area (Å²) in [6, 6.07) is 5.26. The third-order valence-electron chi connectivity index (χ3n) is 4.36. The van der Waals surface area contributed by atoms with Gasteiger partial charge in [-0.15, -0.1) is 4.99 Å². The molecule has 0 aromatic heterocycles. The average Bonchev–Trinajstić information content (AvgIpc) is 3.18. The van der Waals surface area contributed by atoms with Gasteiger partial charge in [0.1, 0.15) is 12.2 Å². The van der Waals surface area contributed by atoms with Crippen molar-refractivity contribution in [2.24, 2.45) is 10.7 Å². The minimum absolute atomic E-state index is 0.0787. The third-order valence-corrected chi connectivity index (χ3v) is 4.36. The molecule has 2 rings (SSSR count). The Morgan fingerprint density at radius 3 is 2.55 bits per heavy atom. The Hall–Kier alpha value is -3.90. The predicted octanol–water partition coefficient (Wildman–Crippen LogP) is 1.26. The molecule has 33 heavy (non-hydrogen) atoms. The average molecular weight is 464 g/mol. The van der Waals surface area contributed by atoms with Crippen molar-refractivity contribution in [3.05, 3.63) is 39.9 Å². The van der Waals surface area contributed by atoms with Gasteiger partial charge in [-0.05, 0) is 44.9 Å². The maximum absolute atomic E-state index is 12.1. The number of nitrogens with two attached hydrogens (primary N) is 1. The number of nitrogens with one attached hydrogen (secondary N) is 2. The lowest BCUT2D eigenvalue weighted by atomic mass is 10.2. The number of aliphatic imine (C=N–C) groups is 1. The fourth-order valence-corrected chi connectivity index (χ4v) is 2.85. The van der Waals surface area contributed by atoms with Crippen LogP contribution in [0, 0.1) is 10.1 Å². The summed E-state index contributed by atoms with van der Waals surface area (Å²) in [4.78, 5) is 51.0. The molecule has 0 aliphatic carbocycles. The van der Waals surface area contributed by atoms with Gasteiger partial charge in [-0.3, -0.25) is 14.9 Å². The van der Waals surface area contributed by atoms with E-state index in [4.69, 9.17) is 15.2 Å². The monoisotopic (exact) mass is 464 g/mol. The van der Waals surface area contributed by atoms with Crippen molar-refractivity contribution < 1.29 is 28.8 Å². The van der Waals surface area contributed by atoms with Gasteiger partial charge < -0.3 is 30.7 Å². The highest BCUT2D eigenvalue weighted by molar-refractivity contribution is 5.91. The number of likely N-dealkylation sites (tertiary alicyclic amines) is 1. The Balaban J connectivity index is 1.70. The van der Waals surface area contributed by atoms with Gasteiger partial charge in [0.2, 0.25) is 5.91 Å². The number of ether oxygens (including phenoxy) is 2. The van der Waals surface area contributed by atoms with Crippen molar-refractivity contribution in [3.63, 3.8) is 0 Å². The molecule has 1 fully saturated rings. The van der Waals surface area contributed by atoms with E-state index in [9.17, 15) is 24.5 Å². The van der Waals surface area contributed by atoms with E-state index >= 15 is 0 Å². The zero-order valence-corrected chi connectivity index (χ0v) is 18.7. The summed E-state index contributed by atoms with van der Waals surface area (Å²) in [7, 11) is 0. The summed E-state index contributed by atoms with van der Waals surface area (Å²) in [6.07, 6.45) is -0.827. The van der Waals surface area contributed by atoms with Crippen molar-refractivity contribution in [1.29, 1.82) is 0 Å². The van der Waals surface area contributed by atoms with Gasteiger partial charge >= 0.3 is 12.2 Å². The second-order valence-corrected chi connectivity index (χ2v) is 8.31. The van der Waals surface area contributed by atoms with Gasteiger partial charge in [-0.2, -0.15) is 0 Å². The summed E-state index contributed by atoms with van der Waals surface area (Å²) in [6.45, 7) is 5.77. The van der Waals surface area contributed by atoms with E-state index in [1.165, 1.54) is 29.2 Å². The zero-order chi connectivity index (χ0) is 24.6. The first-order chi connectivity index (χ1) is 15.4. The van der Waals surface area contributed by atoms with Crippen LogP contribution in [-0.4, -0.2) is 65.2 Å². The molecule has 4 N–H and O–H groups in total. The number of amides is 3. The molecule has 1 aliphatic heterocycles. The molecule has 1 aliphatic rings. The first-order valence-electron chi connectivity index (χ1n) is 10.2. The van der Waals surface area contributed by atoms with Crippen molar-refractivity contribution in [3.8, 4) is 0 Å². The summed E-state index contributed by atoms with van der Waals surface area (Å²) in [5, 5.41) is 15.9. The van der Waals surface area contributed by atoms with Crippen LogP contribution in [0.3, 0.4) is 0 Å². The molecular formula is C20H28N6O7. The van der Waals surface area contributed by atoms with Crippen LogP contribution in [0.25, 0.3) is 0 Å². The quantitative estimate of drug-likeness (QED) is 0.242. The molecule has 1 heterocycles. The third kappa shape index (κ3) is 9.01. The molecule has 1 atom stereocenters. The number of rotatable bonds is 6. The Kier molecular flexibility index (Phi) is 8.54. The predicted molar refractivity (Wildman–Crippen MR) is 117 cm³/mol. The summed E-state index contributed by atoms with van der Waals surface area (Å²) < 4.78 is 10.2. The number of carbonyl (C=O) groups is 3. The van der Waals surface area contributed by atoms with Crippen molar-refractivity contribution >= 4 is 29.7 Å². The van der Waals surface area contributed by atoms with Gasteiger partial charge in [0.15, 0.2) is 5.96 Å². The van der Waals surface area contributed by atoms with Crippen molar-refractivity contribution in [1.82, 2.24) is 15.5 Å². The van der Waals surface area contributed by atoms with Gasteiger partial charge in [0.25, 0.3) is 5.69 Å². The highest BCUT2D eigenvalue weighted by Gasteiger charge is 2.30. The molecule has 13 heteroatoms. The highest BCUT2D eigenvalue weighted by atomic mass is 16.6. The van der Waals surface area contributed by atoms with Crippen LogP contribution >= 0.6 is 0 Å². The van der Waals surface area contributed by atoms with Gasteiger partial charge in [-0.1, -0.05) is 0 Å². The fraction of sp³-hybridized carbons (Fsp3) is 0.500. The maximum Gasteiger partial charge on any atom is 0.437 e. The number of non-ortho nitro benzene ring substituents is 1. The minimum Gasteiger partial charge on any atom is -0.444 e. The molecule has 0 unspecified atom stereocenters. The summed E-state index contributed by atoms with van der Waals surface area (Å²) in [5.41, 5.74) is 5.45. The number of benzene rings is 1. The SMILES string of the molecule is CC(C)(C)OC(=O)N1CC[C@H](NC(=O)CNC(N)=NC(=O)OCc2ccc([N+](=O)[O-])cc2)C1. The molecule has 0 saturated carbocycles. The molecular weight excluding hydrogens is 436 g/mol. The van der Waals surface area contributed by atoms with E-state index in [1.807, 2.05) is 0 Å². The van der Waals surface area contributed by atoms with Crippen molar-refractivity contribution in [2.75, 3.05) is 19.6 Å². The molecule has 1 saturated heterocycles. The standard InChI is InChI=1S/C20H28N6O7/c1-20(2,3)33-19(29)25-9-8-14(11-25)23-16(27)10-22-17(21)24-18(28)32-12-13-4-6-15(7-5-13)26(30)31/h4-7,14H,8-12H2,1-3H3,(H,23,27)(H3,21,22,24,28)/t14-/m0/s1. The topological polar surface area (TPSA) is 178 Å². The van der Waals surface area contributed by atoms with Crippen LogP contribution < -0.4 is 16.4 Å². The summed E-state index contributed by atoms with van der Waals surface area (Å²) in [5.74, 6) is -0.691. The second-order valence-electron chi connectivity index (χ2n) is 8.31. The summed E-state index contributed by atoms with van der Waals surface area (Å²) >= 11 is 0. The van der Waals surface area contributed by atoms with E-state index < -0.39 is 22.7 Å². The van der Waals surface area contributed by atoms with E-state index in [-0.39, 0.29) is 36.7 Å². The number of nitro benzene ring substituents is 1. The molecule has 13 nitrogen and oxygen atoms in total. The number of carbonyl (C=O) groups excluding carboxylic acids is 3. The Labute approximate surface area is 190 Å². The maximum atomic E-state index is 12.1. The molecule has 1 aromatic rings. The largest absolute Gasteiger partial charge is 0.444 e. The van der Waals surface area contributed by atoms with E-state index in [0.29, 0.717) is 25.1 Å². The number of hydrogen-bond donors (Lipinski definition) is 3. The fourth-order valence-electron chi connectivity index (χ4n) is 2.85. The highest BCUT2D eigenvalue weighted by Crippen LogP contribution is 2.15. The van der Waals surface area contributed by atoms with E-state index in [0.717, 1.165) is 0 Å². The number of nitro groups is 1. The zero-order valence-electron chi connectivity index (χ0n) is 18.7. The second kappa shape index (κ2) is 11.1. The lowest BCUT2D eigenvalue weighted by Crippen LogP contribution is -2.45. The smallest absolute Gasteiger partial charge is 0.437 e. The van der Waals surface area contributed by atoms with Gasteiger partial charge in [0, 0.05) is 31.3 Å². The molecule has 0 spiro atoms. The van der Waals surface area contributed by atoms with Crippen molar-refractivity contribution in [2.45, 2.75) is 45.4 Å². The lowest BCUT2D eigenvalue weighted by Gasteiger charge is -2.24. The first-order valence-corrected chi connectivity index (χ1v) is 10.2. The molecule has 1 aromatic carbocycles. The molecule has 180 valence electrons. The van der Waals surface area contributed by atoms with Crippen LogP contribution in [0.5, 0.6) is 0 Å². The lowest BCUT2D eigenvalue weighted by molar-refractivity contribution is -0.384. The van der Waals surface area contributed by atoms with Crippen LogP contribution in [-0.2, 0) is 20.9 Å². The van der Waals surface area contributed by atoms with E-state index in [1.54, 1.807) is 20.8 Å². The first kappa shape index (κ1) is 25.4. The molecule has 0 radical (unpaired) electrons. The molecule has 0 bridgehead atoms. The van der Waals surface area contributed by atoms with Crippen LogP contribution in [0.1, 0.15) is 32.8 Å². The van der Waals surface area contributed by atoms with Crippen LogP contribution in [0.4, 0.5) is 15.3 Å². The minimum atomic E-state index is -0.984.